The number of carbonyl (C=O) groups excluding carboxylic acids is 2. The van der Waals surface area contributed by atoms with Gasteiger partial charge >= 0.3 is 5.97 Å². The lowest BCUT2D eigenvalue weighted by Gasteiger charge is -2.38. The highest BCUT2D eigenvalue weighted by Crippen LogP contribution is 2.42. The van der Waals surface area contributed by atoms with Crippen LogP contribution in [0.15, 0.2) is 78.9 Å². The average Bonchev–Trinajstić information content (AvgIpc) is 3.21. The van der Waals surface area contributed by atoms with Crippen molar-refractivity contribution in [2.24, 2.45) is 5.92 Å². The monoisotopic (exact) mass is 459 g/mol. The van der Waals surface area contributed by atoms with E-state index in [0.717, 1.165) is 22.2 Å². The second-order valence-electron chi connectivity index (χ2n) is 7.91. The standard InChI is InChI=1S/C26H22ClN3O3/c1-2-33-25(32)22-23(18-12-14-19(27)15-13-18)30-21-11-7-6-10-20(21)28-26(30)29(24(22)31)16-17-8-4-3-5-9-17/h3-15,22-23H,2,16H2,1H3/t22-,23-/m1/s1. The van der Waals surface area contributed by atoms with Crippen molar-refractivity contribution < 1.29 is 14.3 Å². The van der Waals surface area contributed by atoms with Gasteiger partial charge in [0.15, 0.2) is 5.92 Å². The number of para-hydroxylation sites is 2. The summed E-state index contributed by atoms with van der Waals surface area (Å²) >= 11 is 6.13. The molecule has 1 amide bonds. The van der Waals surface area contributed by atoms with Gasteiger partial charge in [-0.3, -0.25) is 14.5 Å². The van der Waals surface area contributed by atoms with Crippen LogP contribution in [-0.4, -0.2) is 28.0 Å². The fourth-order valence-corrected chi connectivity index (χ4v) is 4.55. The number of rotatable bonds is 5. The van der Waals surface area contributed by atoms with Crippen LogP contribution in [-0.2, 0) is 20.9 Å². The van der Waals surface area contributed by atoms with Crippen LogP contribution in [0, 0.1) is 5.92 Å². The Bertz CT molecular complexity index is 1320. The maximum absolute atomic E-state index is 13.9. The molecule has 5 rings (SSSR count). The summed E-state index contributed by atoms with van der Waals surface area (Å²) in [7, 11) is 0. The highest BCUT2D eigenvalue weighted by atomic mass is 35.5. The lowest BCUT2D eigenvalue weighted by atomic mass is 9.89. The predicted molar refractivity (Wildman–Crippen MR) is 127 cm³/mol. The third-order valence-corrected chi connectivity index (χ3v) is 6.13. The molecule has 3 aromatic carbocycles. The van der Waals surface area contributed by atoms with Gasteiger partial charge in [-0.1, -0.05) is 66.2 Å². The highest BCUT2D eigenvalue weighted by molar-refractivity contribution is 6.30. The topological polar surface area (TPSA) is 64.4 Å². The Morgan fingerprint density at radius 2 is 1.70 bits per heavy atom. The molecule has 6 nitrogen and oxygen atoms in total. The molecule has 4 aromatic rings. The molecular formula is C26H22ClN3O3. The van der Waals surface area contributed by atoms with Crippen molar-refractivity contribution in [3.63, 3.8) is 0 Å². The molecule has 0 N–H and O–H groups in total. The van der Waals surface area contributed by atoms with Crippen LogP contribution >= 0.6 is 11.6 Å². The molecule has 7 heteroatoms. The third kappa shape index (κ3) is 3.76. The molecule has 2 heterocycles. The fourth-order valence-electron chi connectivity index (χ4n) is 4.42. The van der Waals surface area contributed by atoms with Crippen LogP contribution in [0.1, 0.15) is 24.1 Å². The van der Waals surface area contributed by atoms with Crippen LogP contribution in [0.3, 0.4) is 0 Å². The Hall–Kier alpha value is -3.64. The number of amides is 1. The number of ether oxygens (including phenoxy) is 1. The molecule has 0 fully saturated rings. The third-order valence-electron chi connectivity index (χ3n) is 5.88. The van der Waals surface area contributed by atoms with E-state index in [2.05, 4.69) is 0 Å². The van der Waals surface area contributed by atoms with E-state index in [1.165, 1.54) is 0 Å². The summed E-state index contributed by atoms with van der Waals surface area (Å²) in [6.07, 6.45) is 0. The molecule has 0 saturated carbocycles. The number of nitrogens with zero attached hydrogens (tertiary/aromatic N) is 3. The Labute approximate surface area is 196 Å². The minimum absolute atomic E-state index is 0.187. The molecule has 0 saturated heterocycles. The van der Waals surface area contributed by atoms with E-state index in [-0.39, 0.29) is 12.5 Å². The SMILES string of the molecule is CCOC(=O)[C@H]1C(=O)N(Cc2ccccc2)c2nc3ccccc3n2[C@@H]1c1ccc(Cl)cc1. The lowest BCUT2D eigenvalue weighted by Crippen LogP contribution is -2.49. The molecule has 33 heavy (non-hydrogen) atoms. The van der Waals surface area contributed by atoms with Gasteiger partial charge in [0.1, 0.15) is 0 Å². The van der Waals surface area contributed by atoms with Crippen LogP contribution < -0.4 is 4.90 Å². The van der Waals surface area contributed by atoms with E-state index in [0.29, 0.717) is 17.5 Å². The molecule has 0 bridgehead atoms. The summed E-state index contributed by atoms with van der Waals surface area (Å²) in [4.78, 5) is 33.5. The molecule has 1 aromatic heterocycles. The van der Waals surface area contributed by atoms with Crippen molar-refractivity contribution in [2.45, 2.75) is 19.5 Å². The highest BCUT2D eigenvalue weighted by Gasteiger charge is 2.47. The Morgan fingerprint density at radius 3 is 2.42 bits per heavy atom. The zero-order chi connectivity index (χ0) is 22.9. The molecule has 0 radical (unpaired) electrons. The lowest BCUT2D eigenvalue weighted by molar-refractivity contribution is -0.153. The van der Waals surface area contributed by atoms with Crippen LogP contribution in [0.2, 0.25) is 5.02 Å². The summed E-state index contributed by atoms with van der Waals surface area (Å²) in [6, 6.07) is 24.0. The second kappa shape index (κ2) is 8.71. The molecule has 0 spiro atoms. The predicted octanol–water partition coefficient (Wildman–Crippen LogP) is 5.01. The summed E-state index contributed by atoms with van der Waals surface area (Å²) in [5, 5.41) is 0.579. The van der Waals surface area contributed by atoms with Crippen molar-refractivity contribution in [2.75, 3.05) is 11.5 Å². The van der Waals surface area contributed by atoms with E-state index < -0.39 is 17.9 Å². The van der Waals surface area contributed by atoms with Crippen molar-refractivity contribution in [1.29, 1.82) is 0 Å². The number of carbonyl (C=O) groups is 2. The first-order valence-corrected chi connectivity index (χ1v) is 11.2. The van der Waals surface area contributed by atoms with E-state index in [4.69, 9.17) is 21.3 Å². The summed E-state index contributed by atoms with van der Waals surface area (Å²) in [5.41, 5.74) is 3.32. The molecule has 0 aliphatic carbocycles. The smallest absolute Gasteiger partial charge is 0.321 e. The second-order valence-corrected chi connectivity index (χ2v) is 8.34. The zero-order valence-electron chi connectivity index (χ0n) is 18.0. The molecule has 0 unspecified atom stereocenters. The number of anilines is 1. The number of hydrogen-bond acceptors (Lipinski definition) is 4. The van der Waals surface area contributed by atoms with Crippen LogP contribution in [0.4, 0.5) is 5.95 Å². The van der Waals surface area contributed by atoms with Gasteiger partial charge in [0.2, 0.25) is 11.9 Å². The fraction of sp³-hybridized carbons (Fsp3) is 0.192. The van der Waals surface area contributed by atoms with Gasteiger partial charge in [0.05, 0.1) is 30.2 Å². The van der Waals surface area contributed by atoms with Gasteiger partial charge in [0, 0.05) is 5.02 Å². The maximum atomic E-state index is 13.9. The van der Waals surface area contributed by atoms with Gasteiger partial charge in [-0.15, -0.1) is 0 Å². The van der Waals surface area contributed by atoms with E-state index >= 15 is 0 Å². The minimum Gasteiger partial charge on any atom is -0.465 e. The largest absolute Gasteiger partial charge is 0.465 e. The van der Waals surface area contributed by atoms with Gasteiger partial charge < -0.3 is 9.30 Å². The number of aromatic nitrogens is 2. The number of halogens is 1. The first-order chi connectivity index (χ1) is 16.1. The summed E-state index contributed by atoms with van der Waals surface area (Å²) in [5.74, 6) is -1.44. The van der Waals surface area contributed by atoms with Crippen LogP contribution in [0.5, 0.6) is 0 Å². The molecule has 1 aliphatic rings. The van der Waals surface area contributed by atoms with Crippen molar-refractivity contribution in [3.8, 4) is 0 Å². The van der Waals surface area contributed by atoms with Crippen molar-refractivity contribution in [3.05, 3.63) is 95.0 Å². The molecule has 2 atom stereocenters. The first kappa shape index (κ1) is 21.2. The minimum atomic E-state index is -1.06. The Kier molecular flexibility index (Phi) is 5.60. The zero-order valence-corrected chi connectivity index (χ0v) is 18.8. The number of esters is 1. The number of benzene rings is 3. The van der Waals surface area contributed by atoms with Gasteiger partial charge in [-0.2, -0.15) is 0 Å². The molecule has 1 aliphatic heterocycles. The van der Waals surface area contributed by atoms with Gasteiger partial charge in [-0.05, 0) is 42.3 Å². The van der Waals surface area contributed by atoms with Gasteiger partial charge in [-0.25, -0.2) is 4.98 Å². The summed E-state index contributed by atoms with van der Waals surface area (Å²) in [6.45, 7) is 2.22. The van der Waals surface area contributed by atoms with E-state index in [9.17, 15) is 9.59 Å². The molecular weight excluding hydrogens is 438 g/mol. The Balaban J connectivity index is 1.75. The summed E-state index contributed by atoms with van der Waals surface area (Å²) < 4.78 is 7.36. The van der Waals surface area contributed by atoms with Crippen molar-refractivity contribution in [1.82, 2.24) is 9.55 Å². The maximum Gasteiger partial charge on any atom is 0.321 e. The quantitative estimate of drug-likeness (QED) is 0.311. The first-order valence-electron chi connectivity index (χ1n) is 10.8. The number of imidazole rings is 1. The number of fused-ring (bicyclic) bond motifs is 3. The van der Waals surface area contributed by atoms with Crippen LogP contribution in [0.25, 0.3) is 11.0 Å². The average molecular weight is 460 g/mol. The number of hydrogen-bond donors (Lipinski definition) is 0. The normalized spacial score (nSPS) is 17.8. The van der Waals surface area contributed by atoms with E-state index in [1.54, 1.807) is 24.0 Å². The van der Waals surface area contributed by atoms with Crippen molar-refractivity contribution >= 4 is 40.5 Å². The molecule has 166 valence electrons. The van der Waals surface area contributed by atoms with E-state index in [1.807, 2.05) is 71.3 Å². The van der Waals surface area contributed by atoms with Gasteiger partial charge in [0.25, 0.3) is 0 Å². The Morgan fingerprint density at radius 1 is 1.00 bits per heavy atom.